The van der Waals surface area contributed by atoms with Crippen LogP contribution < -0.4 is 5.32 Å². The maximum atomic E-state index is 13.1. The van der Waals surface area contributed by atoms with Crippen molar-refractivity contribution >= 4 is 27.5 Å². The van der Waals surface area contributed by atoms with Crippen molar-refractivity contribution < 1.29 is 14.3 Å². The van der Waals surface area contributed by atoms with Gasteiger partial charge in [0, 0.05) is 24.2 Å². The minimum absolute atomic E-state index is 0.146. The molecular weight excluding hydrogens is 377 g/mol. The van der Waals surface area contributed by atoms with Crippen molar-refractivity contribution in [3.63, 3.8) is 0 Å². The van der Waals surface area contributed by atoms with Gasteiger partial charge in [0.1, 0.15) is 21.9 Å². The molecule has 5 nitrogen and oxygen atoms in total. The van der Waals surface area contributed by atoms with E-state index in [-0.39, 0.29) is 17.8 Å². The van der Waals surface area contributed by atoms with E-state index in [0.29, 0.717) is 25.2 Å². The predicted octanol–water partition coefficient (Wildman–Crippen LogP) is 4.13. The number of hydrogen-bond acceptors (Lipinski definition) is 5. The van der Waals surface area contributed by atoms with Gasteiger partial charge in [-0.25, -0.2) is 14.4 Å². The number of nitrogens with one attached hydrogen (secondary N) is 1. The minimum atomic E-state index is -1.05. The van der Waals surface area contributed by atoms with Crippen LogP contribution in [-0.2, 0) is 16.8 Å². The van der Waals surface area contributed by atoms with Gasteiger partial charge >= 0.3 is 5.97 Å². The first-order valence-corrected chi connectivity index (χ1v) is 10.3. The number of aromatic nitrogens is 2. The van der Waals surface area contributed by atoms with E-state index in [1.807, 2.05) is 11.4 Å². The molecule has 3 aromatic rings. The van der Waals surface area contributed by atoms with Gasteiger partial charge in [0.25, 0.3) is 0 Å². The number of carbonyl (C=O) groups is 1. The Balaban J connectivity index is 1.50. The van der Waals surface area contributed by atoms with Gasteiger partial charge in [0.05, 0.1) is 0 Å². The Bertz CT molecular complexity index is 991. The summed E-state index contributed by atoms with van der Waals surface area (Å²) < 4.78 is 13.1. The molecule has 0 spiro atoms. The molecule has 2 heterocycles. The fourth-order valence-corrected chi connectivity index (χ4v) is 4.85. The lowest BCUT2D eigenvalue weighted by Gasteiger charge is -2.40. The lowest BCUT2D eigenvalue weighted by Crippen LogP contribution is -2.49. The molecule has 1 aromatic carbocycles. The maximum absolute atomic E-state index is 13.1. The SMILES string of the molecule is CC1CC(C(=O)O)(c2ncc3ccsc3n2)CCC1NCc1ccc(F)cc1. The van der Waals surface area contributed by atoms with Gasteiger partial charge in [-0.2, -0.15) is 0 Å². The summed E-state index contributed by atoms with van der Waals surface area (Å²) in [6, 6.07) is 8.57. The van der Waals surface area contributed by atoms with Gasteiger partial charge in [-0.05, 0) is 54.3 Å². The quantitative estimate of drug-likeness (QED) is 0.675. The first-order valence-electron chi connectivity index (χ1n) is 9.40. The number of thiophene rings is 1. The molecule has 0 aliphatic heterocycles. The highest BCUT2D eigenvalue weighted by Gasteiger charge is 2.48. The second kappa shape index (κ2) is 7.56. The number of carboxylic acid groups (broad SMARTS) is 1. The normalized spacial score (nSPS) is 25.1. The van der Waals surface area contributed by atoms with Crippen LogP contribution in [0.4, 0.5) is 4.39 Å². The van der Waals surface area contributed by atoms with Crippen LogP contribution in [-0.4, -0.2) is 27.1 Å². The number of hydrogen-bond donors (Lipinski definition) is 2. The molecule has 1 aliphatic carbocycles. The summed E-state index contributed by atoms with van der Waals surface area (Å²) in [7, 11) is 0. The van der Waals surface area contributed by atoms with Gasteiger partial charge in [-0.1, -0.05) is 19.1 Å². The molecule has 7 heteroatoms. The first kappa shape index (κ1) is 19.0. The van der Waals surface area contributed by atoms with E-state index in [1.165, 1.54) is 23.5 Å². The van der Waals surface area contributed by atoms with Crippen LogP contribution in [0.5, 0.6) is 0 Å². The number of rotatable bonds is 5. The maximum Gasteiger partial charge on any atom is 0.317 e. The Hall–Kier alpha value is -2.38. The highest BCUT2D eigenvalue weighted by atomic mass is 32.1. The average molecular weight is 399 g/mol. The van der Waals surface area contributed by atoms with Crippen molar-refractivity contribution in [2.45, 2.75) is 44.2 Å². The molecule has 1 aliphatic rings. The van der Waals surface area contributed by atoms with Crippen LogP contribution in [0.1, 0.15) is 37.6 Å². The summed E-state index contributed by atoms with van der Waals surface area (Å²) in [5.74, 6) is -0.539. The van der Waals surface area contributed by atoms with Gasteiger partial charge in [-0.3, -0.25) is 4.79 Å². The lowest BCUT2D eigenvalue weighted by molar-refractivity contribution is -0.146. The number of benzene rings is 1. The largest absolute Gasteiger partial charge is 0.480 e. The zero-order valence-electron chi connectivity index (χ0n) is 15.6. The van der Waals surface area contributed by atoms with Crippen molar-refractivity contribution in [2.24, 2.45) is 5.92 Å². The van der Waals surface area contributed by atoms with Crippen LogP contribution >= 0.6 is 11.3 Å². The Morgan fingerprint density at radius 1 is 1.36 bits per heavy atom. The minimum Gasteiger partial charge on any atom is -0.480 e. The molecule has 1 saturated carbocycles. The summed E-state index contributed by atoms with van der Waals surface area (Å²) in [6.07, 6.45) is 3.42. The topological polar surface area (TPSA) is 75.1 Å². The highest BCUT2D eigenvalue weighted by molar-refractivity contribution is 7.16. The van der Waals surface area contributed by atoms with Crippen molar-refractivity contribution in [2.75, 3.05) is 0 Å². The van der Waals surface area contributed by atoms with Crippen LogP contribution in [0.25, 0.3) is 10.2 Å². The molecule has 0 radical (unpaired) electrons. The van der Waals surface area contributed by atoms with Crippen molar-refractivity contribution in [3.8, 4) is 0 Å². The van der Waals surface area contributed by atoms with Crippen molar-refractivity contribution in [1.29, 1.82) is 0 Å². The monoisotopic (exact) mass is 399 g/mol. The van der Waals surface area contributed by atoms with Crippen LogP contribution in [0.2, 0.25) is 0 Å². The van der Waals surface area contributed by atoms with E-state index in [0.717, 1.165) is 22.2 Å². The molecule has 0 amide bonds. The number of fused-ring (bicyclic) bond motifs is 1. The number of aliphatic carboxylic acids is 1. The summed E-state index contributed by atoms with van der Waals surface area (Å²) >= 11 is 1.50. The Labute approximate surface area is 166 Å². The standard InChI is InChI=1S/C21H22FN3O2S/c1-13-10-21(20(26)27,19-24-12-15-7-9-28-18(15)25-19)8-6-17(13)23-11-14-2-4-16(22)5-3-14/h2-5,7,9,12-13,17,23H,6,8,10-11H2,1H3,(H,26,27). The van der Waals surface area contributed by atoms with Crippen molar-refractivity contribution in [1.82, 2.24) is 15.3 Å². The molecule has 0 saturated heterocycles. The third-order valence-electron chi connectivity index (χ3n) is 5.77. The van der Waals surface area contributed by atoms with E-state index < -0.39 is 11.4 Å². The summed E-state index contributed by atoms with van der Waals surface area (Å²) in [5.41, 5.74) is -0.0405. The average Bonchev–Trinajstić information content (AvgIpc) is 3.16. The first-order chi connectivity index (χ1) is 13.5. The van der Waals surface area contributed by atoms with E-state index >= 15 is 0 Å². The molecule has 2 aromatic heterocycles. The number of nitrogens with zero attached hydrogens (tertiary/aromatic N) is 2. The van der Waals surface area contributed by atoms with E-state index in [4.69, 9.17) is 0 Å². The third-order valence-corrected chi connectivity index (χ3v) is 6.59. The van der Waals surface area contributed by atoms with Gasteiger partial charge in [-0.15, -0.1) is 11.3 Å². The van der Waals surface area contributed by atoms with Gasteiger partial charge < -0.3 is 10.4 Å². The molecule has 0 bridgehead atoms. The van der Waals surface area contributed by atoms with Crippen LogP contribution in [0, 0.1) is 11.7 Å². The van der Waals surface area contributed by atoms with Gasteiger partial charge in [0.2, 0.25) is 0 Å². The van der Waals surface area contributed by atoms with Crippen LogP contribution in [0.3, 0.4) is 0 Å². The summed E-state index contributed by atoms with van der Waals surface area (Å²) in [6.45, 7) is 2.70. The molecule has 4 rings (SSSR count). The fourth-order valence-electron chi connectivity index (χ4n) is 4.11. The number of carboxylic acids is 1. The Morgan fingerprint density at radius 3 is 2.86 bits per heavy atom. The van der Waals surface area contributed by atoms with Gasteiger partial charge in [0.15, 0.2) is 0 Å². The molecular formula is C21H22FN3O2S. The highest BCUT2D eigenvalue weighted by Crippen LogP contribution is 2.41. The molecule has 3 unspecified atom stereocenters. The number of halogens is 1. The zero-order valence-corrected chi connectivity index (χ0v) is 16.4. The Morgan fingerprint density at radius 2 is 2.14 bits per heavy atom. The molecule has 3 atom stereocenters. The molecule has 2 N–H and O–H groups in total. The second-order valence-electron chi connectivity index (χ2n) is 7.60. The van der Waals surface area contributed by atoms with Crippen molar-refractivity contribution in [3.05, 3.63) is 59.1 Å². The summed E-state index contributed by atoms with van der Waals surface area (Å²) in [4.78, 5) is 22.1. The summed E-state index contributed by atoms with van der Waals surface area (Å²) in [5, 5.41) is 16.5. The van der Waals surface area contributed by atoms with E-state index in [1.54, 1.807) is 18.3 Å². The predicted molar refractivity (Wildman–Crippen MR) is 107 cm³/mol. The third kappa shape index (κ3) is 3.52. The Kier molecular flexibility index (Phi) is 5.12. The molecule has 146 valence electrons. The smallest absolute Gasteiger partial charge is 0.317 e. The van der Waals surface area contributed by atoms with Crippen LogP contribution in [0.15, 0.2) is 41.9 Å². The lowest BCUT2D eigenvalue weighted by atomic mass is 9.67. The zero-order chi connectivity index (χ0) is 19.7. The van der Waals surface area contributed by atoms with E-state index in [9.17, 15) is 14.3 Å². The van der Waals surface area contributed by atoms with E-state index in [2.05, 4.69) is 22.2 Å². The molecule has 1 fully saturated rings. The fraction of sp³-hybridized carbons (Fsp3) is 0.381. The second-order valence-corrected chi connectivity index (χ2v) is 8.49. The molecule has 28 heavy (non-hydrogen) atoms.